The predicted octanol–water partition coefficient (Wildman–Crippen LogP) is 4.45. The average Bonchev–Trinajstić information content (AvgIpc) is 2.76. The maximum absolute atomic E-state index is 6.19. The molecule has 20 heavy (non-hydrogen) atoms. The van der Waals surface area contributed by atoms with Gasteiger partial charge >= 0.3 is 0 Å². The molecule has 0 saturated heterocycles. The van der Waals surface area contributed by atoms with Gasteiger partial charge in [-0.25, -0.2) is 0 Å². The smallest absolute Gasteiger partial charge is 0.191 e. The summed E-state index contributed by atoms with van der Waals surface area (Å²) in [5, 5.41) is 6.06. The zero-order valence-electron chi connectivity index (χ0n) is 13.3. The van der Waals surface area contributed by atoms with Crippen molar-refractivity contribution in [1.29, 1.82) is 0 Å². The molecule has 4 heteroatoms. The van der Waals surface area contributed by atoms with E-state index in [0.717, 1.165) is 25.1 Å². The molecule has 1 aromatic carbocycles. The largest absolute Gasteiger partial charge is 0.417 e. The van der Waals surface area contributed by atoms with Crippen LogP contribution in [0.3, 0.4) is 0 Å². The Labute approximate surface area is 123 Å². The van der Waals surface area contributed by atoms with Gasteiger partial charge in [-0.2, -0.15) is 5.10 Å². The highest BCUT2D eigenvalue weighted by atomic mass is 28.4. The first-order chi connectivity index (χ1) is 9.29. The quantitative estimate of drug-likeness (QED) is 0.601. The fourth-order valence-electron chi connectivity index (χ4n) is 1.90. The summed E-state index contributed by atoms with van der Waals surface area (Å²) in [7, 11) is -1.60. The van der Waals surface area contributed by atoms with Crippen LogP contribution in [0.5, 0.6) is 0 Å². The van der Waals surface area contributed by atoms with E-state index in [1.165, 1.54) is 5.39 Å². The number of fused-ring (bicyclic) bond motifs is 1. The van der Waals surface area contributed by atoms with Crippen molar-refractivity contribution < 1.29 is 4.43 Å². The molecule has 110 valence electrons. The van der Waals surface area contributed by atoms with Crippen molar-refractivity contribution in [3.8, 4) is 0 Å². The average molecular weight is 290 g/mol. The maximum Gasteiger partial charge on any atom is 0.191 e. The molecule has 1 aromatic heterocycles. The van der Waals surface area contributed by atoms with E-state index in [9.17, 15) is 0 Å². The van der Waals surface area contributed by atoms with Crippen LogP contribution in [0.4, 0.5) is 0 Å². The maximum atomic E-state index is 6.19. The second kappa shape index (κ2) is 5.70. The first kappa shape index (κ1) is 15.3. The van der Waals surface area contributed by atoms with Crippen LogP contribution in [0.1, 0.15) is 27.2 Å². The van der Waals surface area contributed by atoms with Gasteiger partial charge in [-0.3, -0.25) is 4.68 Å². The summed E-state index contributed by atoms with van der Waals surface area (Å²) in [4.78, 5) is 0. The highest BCUT2D eigenvalue weighted by molar-refractivity contribution is 6.74. The Morgan fingerprint density at radius 1 is 1.20 bits per heavy atom. The van der Waals surface area contributed by atoms with Crippen LogP contribution in [-0.4, -0.2) is 24.7 Å². The Morgan fingerprint density at radius 2 is 1.90 bits per heavy atom. The molecule has 0 aliphatic heterocycles. The first-order valence-electron chi connectivity index (χ1n) is 7.36. The Hall–Kier alpha value is -1.13. The molecular weight excluding hydrogens is 264 g/mol. The van der Waals surface area contributed by atoms with Gasteiger partial charge in [0.1, 0.15) is 0 Å². The molecule has 3 nitrogen and oxygen atoms in total. The Balaban J connectivity index is 1.84. The Morgan fingerprint density at radius 3 is 2.55 bits per heavy atom. The van der Waals surface area contributed by atoms with E-state index in [4.69, 9.17) is 4.43 Å². The van der Waals surface area contributed by atoms with Gasteiger partial charge in [0.2, 0.25) is 0 Å². The molecule has 0 saturated carbocycles. The molecule has 0 fully saturated rings. The summed E-state index contributed by atoms with van der Waals surface area (Å²) in [5.74, 6) is 0. The lowest BCUT2D eigenvalue weighted by Gasteiger charge is -2.36. The molecule has 1 heterocycles. The minimum Gasteiger partial charge on any atom is -0.417 e. The van der Waals surface area contributed by atoms with Crippen molar-refractivity contribution in [2.75, 3.05) is 6.61 Å². The van der Waals surface area contributed by atoms with Crippen LogP contribution in [0.2, 0.25) is 18.1 Å². The van der Waals surface area contributed by atoms with E-state index in [-0.39, 0.29) is 5.04 Å². The molecule has 2 aromatic rings. The third kappa shape index (κ3) is 3.49. The van der Waals surface area contributed by atoms with Gasteiger partial charge in [0.15, 0.2) is 8.32 Å². The molecule has 0 unspecified atom stereocenters. The van der Waals surface area contributed by atoms with Crippen molar-refractivity contribution in [3.63, 3.8) is 0 Å². The monoisotopic (exact) mass is 290 g/mol. The normalized spacial score (nSPS) is 13.1. The van der Waals surface area contributed by atoms with E-state index in [2.05, 4.69) is 63.4 Å². The van der Waals surface area contributed by atoms with Crippen LogP contribution in [0.25, 0.3) is 10.9 Å². The van der Waals surface area contributed by atoms with Gasteiger partial charge < -0.3 is 4.43 Å². The zero-order valence-corrected chi connectivity index (χ0v) is 14.3. The topological polar surface area (TPSA) is 27.1 Å². The fraction of sp³-hybridized carbons (Fsp3) is 0.562. The number of hydrogen-bond acceptors (Lipinski definition) is 2. The number of aromatic nitrogens is 2. The number of hydrogen-bond donors (Lipinski definition) is 0. The molecule has 0 amide bonds. The van der Waals surface area contributed by atoms with Crippen molar-refractivity contribution >= 4 is 19.2 Å². The molecule has 0 aliphatic rings. The van der Waals surface area contributed by atoms with Gasteiger partial charge in [-0.1, -0.05) is 39.0 Å². The molecule has 0 N–H and O–H groups in total. The van der Waals surface area contributed by atoms with Crippen molar-refractivity contribution in [2.45, 2.75) is 51.9 Å². The number of nitrogens with zero attached hydrogens (tertiary/aromatic N) is 2. The zero-order chi connectivity index (χ0) is 14.8. The lowest BCUT2D eigenvalue weighted by atomic mass is 10.2. The summed E-state index contributed by atoms with van der Waals surface area (Å²) in [6.45, 7) is 13.2. The van der Waals surface area contributed by atoms with Gasteiger partial charge in [0.05, 0.1) is 5.52 Å². The highest BCUT2D eigenvalue weighted by Gasteiger charge is 2.36. The minimum absolute atomic E-state index is 0.285. The molecule has 0 bridgehead atoms. The third-order valence-corrected chi connectivity index (χ3v) is 8.80. The molecular formula is C16H26N2OSi. The van der Waals surface area contributed by atoms with E-state index in [0.29, 0.717) is 0 Å². The van der Waals surface area contributed by atoms with E-state index in [1.807, 2.05) is 10.7 Å². The fourth-order valence-corrected chi connectivity index (χ4v) is 2.99. The Kier molecular flexibility index (Phi) is 4.35. The van der Waals surface area contributed by atoms with E-state index >= 15 is 0 Å². The summed E-state index contributed by atoms with van der Waals surface area (Å²) in [5.41, 5.74) is 1.07. The number of rotatable bonds is 5. The lowest BCUT2D eigenvalue weighted by Crippen LogP contribution is -2.41. The van der Waals surface area contributed by atoms with Crippen LogP contribution in [0, 0.1) is 0 Å². The van der Waals surface area contributed by atoms with Gasteiger partial charge in [-0.05, 0) is 30.6 Å². The summed E-state index contributed by atoms with van der Waals surface area (Å²) < 4.78 is 8.21. The van der Waals surface area contributed by atoms with Crippen LogP contribution >= 0.6 is 0 Å². The van der Waals surface area contributed by atoms with Crippen molar-refractivity contribution in [3.05, 3.63) is 30.5 Å². The van der Waals surface area contributed by atoms with Crippen molar-refractivity contribution in [1.82, 2.24) is 9.78 Å². The third-order valence-electron chi connectivity index (χ3n) is 4.26. The number of benzene rings is 1. The summed E-state index contributed by atoms with van der Waals surface area (Å²) in [6.07, 6.45) is 3.13. The first-order valence-corrected chi connectivity index (χ1v) is 10.3. The van der Waals surface area contributed by atoms with Gasteiger partial charge in [0.25, 0.3) is 0 Å². The predicted molar refractivity (Wildman–Crippen MR) is 87.5 cm³/mol. The van der Waals surface area contributed by atoms with Crippen LogP contribution in [-0.2, 0) is 11.0 Å². The summed E-state index contributed by atoms with van der Waals surface area (Å²) in [6, 6.07) is 8.23. The molecule has 0 aliphatic carbocycles. The van der Waals surface area contributed by atoms with Gasteiger partial charge in [-0.15, -0.1) is 0 Å². The number of aryl methyl sites for hydroxylation is 1. The molecule has 0 radical (unpaired) electrons. The standard InChI is InChI=1S/C16H26N2OSi/c1-16(2,3)20(4,5)19-12-8-11-18-13-14-9-6-7-10-15(14)17-18/h6-7,9-10,13H,8,11-12H2,1-5H3. The minimum atomic E-state index is -1.60. The molecule has 2 rings (SSSR count). The highest BCUT2D eigenvalue weighted by Crippen LogP contribution is 2.36. The van der Waals surface area contributed by atoms with Crippen LogP contribution in [0.15, 0.2) is 30.5 Å². The SMILES string of the molecule is CC(C)(C)[Si](C)(C)OCCCn1cc2ccccc2n1. The second-order valence-corrected chi connectivity index (χ2v) is 11.7. The van der Waals surface area contributed by atoms with E-state index in [1.54, 1.807) is 0 Å². The van der Waals surface area contributed by atoms with Gasteiger partial charge in [0, 0.05) is 24.7 Å². The Bertz CT molecular complexity index is 536. The second-order valence-electron chi connectivity index (χ2n) is 6.91. The van der Waals surface area contributed by atoms with Crippen LogP contribution < -0.4 is 0 Å². The summed E-state index contributed by atoms with van der Waals surface area (Å²) >= 11 is 0. The molecule has 0 atom stereocenters. The molecule has 0 spiro atoms. The van der Waals surface area contributed by atoms with Crippen molar-refractivity contribution in [2.24, 2.45) is 0 Å². The lowest BCUT2D eigenvalue weighted by molar-refractivity contribution is 0.273. The van der Waals surface area contributed by atoms with E-state index < -0.39 is 8.32 Å².